The van der Waals surface area contributed by atoms with E-state index in [1.165, 1.54) is 12.1 Å². The zero-order chi connectivity index (χ0) is 14.8. The maximum Gasteiger partial charge on any atom is 0.240 e. The van der Waals surface area contributed by atoms with Gasteiger partial charge in [0, 0.05) is 25.4 Å². The molecular weight excluding hydrogens is 278 g/mol. The molecule has 0 heterocycles. The Labute approximate surface area is 120 Å². The van der Waals surface area contributed by atoms with Crippen molar-refractivity contribution in [2.45, 2.75) is 31.1 Å². The third-order valence-corrected chi connectivity index (χ3v) is 4.21. The third kappa shape index (κ3) is 5.87. The van der Waals surface area contributed by atoms with Gasteiger partial charge in [-0.2, -0.15) is 0 Å². The Bertz CT molecular complexity index is 474. The van der Waals surface area contributed by atoms with E-state index in [0.29, 0.717) is 25.3 Å². The van der Waals surface area contributed by atoms with E-state index in [0.717, 1.165) is 19.4 Å². The summed E-state index contributed by atoms with van der Waals surface area (Å²) in [7, 11) is -3.46. The Morgan fingerprint density at radius 3 is 2.40 bits per heavy atom. The van der Waals surface area contributed by atoms with Gasteiger partial charge in [-0.15, -0.1) is 0 Å². The average Bonchev–Trinajstić information content (AvgIpc) is 2.46. The van der Waals surface area contributed by atoms with Crippen LogP contribution in [0, 0.1) is 0 Å². The molecule has 0 aliphatic heterocycles. The van der Waals surface area contributed by atoms with Gasteiger partial charge in [-0.3, -0.25) is 5.84 Å². The highest BCUT2D eigenvalue weighted by atomic mass is 32.2. The minimum Gasteiger partial charge on any atom is -0.381 e. The van der Waals surface area contributed by atoms with Crippen molar-refractivity contribution >= 4 is 15.7 Å². The molecule has 4 N–H and O–H groups in total. The predicted octanol–water partition coefficient (Wildman–Crippen LogP) is 1.46. The molecule has 1 aromatic carbocycles. The molecule has 20 heavy (non-hydrogen) atoms. The molecule has 0 bridgehead atoms. The van der Waals surface area contributed by atoms with Gasteiger partial charge in [-0.25, -0.2) is 13.1 Å². The van der Waals surface area contributed by atoms with Crippen LogP contribution in [0.5, 0.6) is 0 Å². The standard InChI is InChI=1S/C13H23N3O3S/c1-2-3-10-19-11-4-9-15-20(17,18)13-7-5-12(16-14)6-8-13/h5-8,15-16H,2-4,9-11,14H2,1H3. The van der Waals surface area contributed by atoms with E-state index in [2.05, 4.69) is 17.1 Å². The molecule has 1 aromatic rings. The first kappa shape index (κ1) is 16.9. The van der Waals surface area contributed by atoms with E-state index in [-0.39, 0.29) is 4.90 Å². The molecule has 0 aliphatic carbocycles. The highest BCUT2D eigenvalue weighted by molar-refractivity contribution is 7.89. The van der Waals surface area contributed by atoms with Crippen LogP contribution in [0.4, 0.5) is 5.69 Å². The van der Waals surface area contributed by atoms with Crippen molar-refractivity contribution in [2.75, 3.05) is 25.2 Å². The molecule has 0 aliphatic rings. The van der Waals surface area contributed by atoms with E-state index >= 15 is 0 Å². The number of nitrogens with one attached hydrogen (secondary N) is 2. The van der Waals surface area contributed by atoms with E-state index < -0.39 is 10.0 Å². The summed E-state index contributed by atoms with van der Waals surface area (Å²) in [6.07, 6.45) is 2.79. The van der Waals surface area contributed by atoms with E-state index in [4.69, 9.17) is 10.6 Å². The first-order valence-electron chi connectivity index (χ1n) is 6.74. The van der Waals surface area contributed by atoms with Crippen LogP contribution in [0.3, 0.4) is 0 Å². The molecule has 0 spiro atoms. The predicted molar refractivity (Wildman–Crippen MR) is 79.8 cm³/mol. The number of hydrogen-bond donors (Lipinski definition) is 3. The van der Waals surface area contributed by atoms with Gasteiger partial charge in [-0.05, 0) is 37.1 Å². The summed E-state index contributed by atoms with van der Waals surface area (Å²) < 4.78 is 31.8. The van der Waals surface area contributed by atoms with Crippen LogP contribution < -0.4 is 16.0 Å². The SMILES string of the molecule is CCCCOCCCNS(=O)(=O)c1ccc(NN)cc1. The third-order valence-electron chi connectivity index (χ3n) is 2.73. The number of rotatable bonds is 10. The largest absolute Gasteiger partial charge is 0.381 e. The number of unbranched alkanes of at least 4 members (excludes halogenated alkanes) is 1. The van der Waals surface area contributed by atoms with Crippen LogP contribution in [-0.4, -0.2) is 28.2 Å². The molecule has 1 rings (SSSR count). The number of nitrogens with two attached hydrogens (primary N) is 1. The summed E-state index contributed by atoms with van der Waals surface area (Å²) in [5.41, 5.74) is 3.11. The highest BCUT2D eigenvalue weighted by Crippen LogP contribution is 2.12. The van der Waals surface area contributed by atoms with E-state index in [9.17, 15) is 8.42 Å². The number of sulfonamides is 1. The van der Waals surface area contributed by atoms with E-state index in [1.807, 2.05) is 0 Å². The summed E-state index contributed by atoms with van der Waals surface area (Å²) >= 11 is 0. The Balaban J connectivity index is 2.33. The molecule has 0 saturated carbocycles. The van der Waals surface area contributed by atoms with Crippen LogP contribution in [-0.2, 0) is 14.8 Å². The average molecular weight is 301 g/mol. The van der Waals surface area contributed by atoms with Gasteiger partial charge in [0.25, 0.3) is 0 Å². The van der Waals surface area contributed by atoms with Crippen molar-refractivity contribution in [1.82, 2.24) is 4.72 Å². The number of nitrogen functional groups attached to an aromatic ring is 1. The van der Waals surface area contributed by atoms with Gasteiger partial charge >= 0.3 is 0 Å². The number of benzene rings is 1. The maximum atomic E-state index is 12.0. The fourth-order valence-electron chi connectivity index (χ4n) is 1.54. The molecule has 114 valence electrons. The normalized spacial score (nSPS) is 11.5. The molecule has 0 atom stereocenters. The quantitative estimate of drug-likeness (QED) is 0.345. The minimum atomic E-state index is -3.46. The molecule has 6 nitrogen and oxygen atoms in total. The second kappa shape index (κ2) is 8.91. The van der Waals surface area contributed by atoms with Crippen molar-refractivity contribution in [3.8, 4) is 0 Å². The maximum absolute atomic E-state index is 12.0. The Morgan fingerprint density at radius 1 is 1.15 bits per heavy atom. The monoisotopic (exact) mass is 301 g/mol. The highest BCUT2D eigenvalue weighted by Gasteiger charge is 2.12. The Morgan fingerprint density at radius 2 is 1.80 bits per heavy atom. The van der Waals surface area contributed by atoms with Crippen LogP contribution in [0.1, 0.15) is 26.2 Å². The summed E-state index contributed by atoms with van der Waals surface area (Å²) in [6, 6.07) is 6.25. The zero-order valence-electron chi connectivity index (χ0n) is 11.8. The van der Waals surface area contributed by atoms with Crippen molar-refractivity contribution in [3.63, 3.8) is 0 Å². The number of ether oxygens (including phenoxy) is 1. The smallest absolute Gasteiger partial charge is 0.240 e. The fraction of sp³-hybridized carbons (Fsp3) is 0.538. The van der Waals surface area contributed by atoms with Crippen molar-refractivity contribution < 1.29 is 13.2 Å². The summed E-state index contributed by atoms with van der Waals surface area (Å²) in [5.74, 6) is 5.23. The molecule has 0 radical (unpaired) electrons. The topological polar surface area (TPSA) is 93.4 Å². The Hall–Kier alpha value is -1.15. The van der Waals surface area contributed by atoms with Crippen LogP contribution in [0.15, 0.2) is 29.2 Å². The Kier molecular flexibility index (Phi) is 7.53. The summed E-state index contributed by atoms with van der Waals surface area (Å²) in [5, 5.41) is 0. The fourth-order valence-corrected chi connectivity index (χ4v) is 2.62. The first-order chi connectivity index (χ1) is 9.60. The lowest BCUT2D eigenvalue weighted by molar-refractivity contribution is 0.130. The molecular formula is C13H23N3O3S. The van der Waals surface area contributed by atoms with Crippen LogP contribution >= 0.6 is 0 Å². The van der Waals surface area contributed by atoms with Gasteiger partial charge in [0.05, 0.1) is 4.90 Å². The second-order valence-corrected chi connectivity index (χ2v) is 6.15. The zero-order valence-corrected chi connectivity index (χ0v) is 12.6. The minimum absolute atomic E-state index is 0.225. The van der Waals surface area contributed by atoms with Gasteiger partial charge in [0.1, 0.15) is 0 Å². The number of hydrogen-bond acceptors (Lipinski definition) is 5. The van der Waals surface area contributed by atoms with Crippen molar-refractivity contribution in [3.05, 3.63) is 24.3 Å². The lowest BCUT2D eigenvalue weighted by atomic mass is 10.3. The van der Waals surface area contributed by atoms with Gasteiger partial charge < -0.3 is 10.2 Å². The molecule has 7 heteroatoms. The van der Waals surface area contributed by atoms with Crippen molar-refractivity contribution in [2.24, 2.45) is 5.84 Å². The molecule has 0 amide bonds. The lowest BCUT2D eigenvalue weighted by Gasteiger charge is -2.08. The van der Waals surface area contributed by atoms with Gasteiger partial charge in [0.15, 0.2) is 0 Å². The number of hydrazine groups is 1. The first-order valence-corrected chi connectivity index (χ1v) is 8.22. The summed E-state index contributed by atoms with van der Waals surface area (Å²) in [6.45, 7) is 3.77. The van der Waals surface area contributed by atoms with Gasteiger partial charge in [0.2, 0.25) is 10.0 Å². The van der Waals surface area contributed by atoms with Crippen LogP contribution in [0.25, 0.3) is 0 Å². The van der Waals surface area contributed by atoms with Gasteiger partial charge in [-0.1, -0.05) is 13.3 Å². The lowest BCUT2D eigenvalue weighted by Crippen LogP contribution is -2.25. The van der Waals surface area contributed by atoms with E-state index in [1.54, 1.807) is 12.1 Å². The molecule has 0 unspecified atom stereocenters. The molecule has 0 fully saturated rings. The number of anilines is 1. The van der Waals surface area contributed by atoms with Crippen molar-refractivity contribution in [1.29, 1.82) is 0 Å². The summed E-state index contributed by atoms with van der Waals surface area (Å²) in [4.78, 5) is 0.225. The van der Waals surface area contributed by atoms with Crippen LogP contribution in [0.2, 0.25) is 0 Å². The molecule has 0 aromatic heterocycles. The molecule has 0 saturated heterocycles. The second-order valence-electron chi connectivity index (χ2n) is 4.39.